The molecule has 3 rings (SSSR count). The molecule has 9 heteroatoms. The Kier molecular flexibility index (Phi) is 6.31. The van der Waals surface area contributed by atoms with Gasteiger partial charge in [-0.3, -0.25) is 9.59 Å². The van der Waals surface area contributed by atoms with Crippen LogP contribution in [0.2, 0.25) is 0 Å². The molecule has 0 spiro atoms. The smallest absolute Gasteiger partial charge is 0.389 e. The molecule has 2 atom stereocenters. The molecule has 1 fully saturated rings. The number of benzene rings is 1. The van der Waals surface area contributed by atoms with E-state index in [-0.39, 0.29) is 31.2 Å². The van der Waals surface area contributed by atoms with E-state index >= 15 is 0 Å². The van der Waals surface area contributed by atoms with E-state index in [9.17, 15) is 22.8 Å². The molecule has 154 valence electrons. The van der Waals surface area contributed by atoms with Gasteiger partial charge in [-0.1, -0.05) is 6.07 Å². The number of carbonyl (C=O) groups is 2. The molecule has 2 aliphatic rings. The van der Waals surface area contributed by atoms with Crippen molar-refractivity contribution in [2.24, 2.45) is 0 Å². The molecular formula is C19H23F3N2O4. The molecule has 1 aliphatic carbocycles. The highest BCUT2D eigenvalue weighted by atomic mass is 19.4. The largest absolute Gasteiger partial charge is 0.454 e. The third kappa shape index (κ3) is 6.03. The van der Waals surface area contributed by atoms with Crippen LogP contribution in [-0.2, 0) is 16.0 Å². The van der Waals surface area contributed by atoms with Crippen LogP contribution >= 0.6 is 0 Å². The lowest BCUT2D eigenvalue weighted by molar-refractivity contribution is -0.144. The lowest BCUT2D eigenvalue weighted by Crippen LogP contribution is -2.46. The van der Waals surface area contributed by atoms with Crippen molar-refractivity contribution in [2.75, 3.05) is 6.79 Å². The minimum absolute atomic E-state index is 0.108. The molecule has 0 radical (unpaired) electrons. The summed E-state index contributed by atoms with van der Waals surface area (Å²) in [4.78, 5) is 24.0. The quantitative estimate of drug-likeness (QED) is 0.770. The first-order valence-corrected chi connectivity index (χ1v) is 9.32. The third-order valence-corrected chi connectivity index (χ3v) is 4.84. The Morgan fingerprint density at radius 1 is 1.04 bits per heavy atom. The van der Waals surface area contributed by atoms with Crippen molar-refractivity contribution in [1.82, 2.24) is 10.6 Å². The zero-order chi connectivity index (χ0) is 20.1. The monoisotopic (exact) mass is 400 g/mol. The summed E-state index contributed by atoms with van der Waals surface area (Å²) in [5.41, 5.74) is 0.801. The topological polar surface area (TPSA) is 76.7 Å². The number of alkyl halides is 3. The predicted octanol–water partition coefficient (Wildman–Crippen LogP) is 2.84. The van der Waals surface area contributed by atoms with Crippen LogP contribution in [0.4, 0.5) is 13.2 Å². The molecule has 2 N–H and O–H groups in total. The Morgan fingerprint density at radius 3 is 2.43 bits per heavy atom. The second kappa shape index (κ2) is 8.70. The normalized spacial score (nSPS) is 21.2. The average molecular weight is 400 g/mol. The van der Waals surface area contributed by atoms with Gasteiger partial charge in [0.2, 0.25) is 18.6 Å². The van der Waals surface area contributed by atoms with Gasteiger partial charge in [-0.25, -0.2) is 0 Å². The summed E-state index contributed by atoms with van der Waals surface area (Å²) in [7, 11) is 0. The van der Waals surface area contributed by atoms with Crippen LogP contribution < -0.4 is 20.1 Å². The van der Waals surface area contributed by atoms with Crippen molar-refractivity contribution in [2.45, 2.75) is 63.2 Å². The van der Waals surface area contributed by atoms with Gasteiger partial charge in [0.1, 0.15) is 0 Å². The number of rotatable bonds is 6. The van der Waals surface area contributed by atoms with Gasteiger partial charge in [-0.2, -0.15) is 13.2 Å². The molecule has 0 bridgehead atoms. The van der Waals surface area contributed by atoms with Crippen LogP contribution in [0.5, 0.6) is 11.5 Å². The highest BCUT2D eigenvalue weighted by molar-refractivity contribution is 5.79. The average Bonchev–Trinajstić information content (AvgIpc) is 3.07. The van der Waals surface area contributed by atoms with Crippen LogP contribution in [0.15, 0.2) is 18.2 Å². The van der Waals surface area contributed by atoms with E-state index in [1.807, 2.05) is 0 Å². The summed E-state index contributed by atoms with van der Waals surface area (Å²) in [6.45, 7) is 0.170. The number of fused-ring (bicyclic) bond motifs is 1. The molecule has 28 heavy (non-hydrogen) atoms. The summed E-state index contributed by atoms with van der Waals surface area (Å²) < 4.78 is 47.2. The first-order chi connectivity index (χ1) is 13.3. The van der Waals surface area contributed by atoms with Gasteiger partial charge < -0.3 is 20.1 Å². The number of hydrogen-bond donors (Lipinski definition) is 2. The van der Waals surface area contributed by atoms with Gasteiger partial charge >= 0.3 is 6.18 Å². The summed E-state index contributed by atoms with van der Waals surface area (Å²) >= 11 is 0. The molecule has 1 aromatic carbocycles. The summed E-state index contributed by atoms with van der Waals surface area (Å²) in [6, 6.07) is 5.01. The minimum Gasteiger partial charge on any atom is -0.454 e. The Morgan fingerprint density at radius 2 is 1.71 bits per heavy atom. The Labute approximate surface area is 160 Å². The second-order valence-electron chi connectivity index (χ2n) is 7.18. The number of ether oxygens (including phenoxy) is 2. The number of nitrogens with one attached hydrogen (secondary N) is 2. The SMILES string of the molecule is O=C(CCC(F)(F)F)N[C@@H]1CCC[C@@H](NC(=O)Cc2ccc3c(c2)OCO3)C1. The molecule has 1 heterocycles. The van der Waals surface area contributed by atoms with Gasteiger partial charge in [0, 0.05) is 18.5 Å². The fraction of sp³-hybridized carbons (Fsp3) is 0.579. The zero-order valence-electron chi connectivity index (χ0n) is 15.3. The minimum atomic E-state index is -4.34. The van der Waals surface area contributed by atoms with Crippen molar-refractivity contribution >= 4 is 11.8 Å². The first-order valence-electron chi connectivity index (χ1n) is 9.32. The van der Waals surface area contributed by atoms with Crippen LogP contribution in [0, 0.1) is 0 Å². The molecule has 0 unspecified atom stereocenters. The van der Waals surface area contributed by atoms with E-state index in [1.54, 1.807) is 18.2 Å². The maximum atomic E-state index is 12.3. The third-order valence-electron chi connectivity index (χ3n) is 4.84. The molecule has 2 amide bonds. The number of amides is 2. The molecule has 0 aromatic heterocycles. The Bertz CT molecular complexity index is 724. The Hall–Kier alpha value is -2.45. The van der Waals surface area contributed by atoms with Crippen molar-refractivity contribution in [3.05, 3.63) is 23.8 Å². The van der Waals surface area contributed by atoms with Gasteiger partial charge in [0.05, 0.1) is 12.8 Å². The fourth-order valence-corrected chi connectivity index (χ4v) is 3.52. The van der Waals surface area contributed by atoms with Crippen LogP contribution in [0.3, 0.4) is 0 Å². The van der Waals surface area contributed by atoms with E-state index in [2.05, 4.69) is 10.6 Å². The van der Waals surface area contributed by atoms with Gasteiger partial charge in [-0.05, 0) is 43.4 Å². The molecule has 1 aliphatic heterocycles. The number of carbonyl (C=O) groups excluding carboxylic acids is 2. The number of halogens is 3. The lowest BCUT2D eigenvalue weighted by Gasteiger charge is -2.30. The zero-order valence-corrected chi connectivity index (χ0v) is 15.3. The molecule has 6 nitrogen and oxygen atoms in total. The van der Waals surface area contributed by atoms with Crippen molar-refractivity contribution in [1.29, 1.82) is 0 Å². The molecular weight excluding hydrogens is 377 g/mol. The van der Waals surface area contributed by atoms with E-state index in [0.717, 1.165) is 18.4 Å². The van der Waals surface area contributed by atoms with E-state index < -0.39 is 24.9 Å². The fourth-order valence-electron chi connectivity index (χ4n) is 3.52. The maximum Gasteiger partial charge on any atom is 0.389 e. The first kappa shape index (κ1) is 20.3. The van der Waals surface area contributed by atoms with Crippen LogP contribution in [0.25, 0.3) is 0 Å². The predicted molar refractivity (Wildman–Crippen MR) is 93.9 cm³/mol. The Balaban J connectivity index is 1.44. The van der Waals surface area contributed by atoms with Gasteiger partial charge in [-0.15, -0.1) is 0 Å². The second-order valence-corrected chi connectivity index (χ2v) is 7.18. The molecule has 0 saturated heterocycles. The molecule has 1 saturated carbocycles. The molecule has 1 aromatic rings. The summed E-state index contributed by atoms with van der Waals surface area (Å²) in [5.74, 6) is 0.521. The van der Waals surface area contributed by atoms with E-state index in [0.29, 0.717) is 24.3 Å². The van der Waals surface area contributed by atoms with E-state index in [4.69, 9.17) is 9.47 Å². The summed E-state index contributed by atoms with van der Waals surface area (Å²) in [5, 5.41) is 5.60. The van der Waals surface area contributed by atoms with E-state index in [1.165, 1.54) is 0 Å². The lowest BCUT2D eigenvalue weighted by atomic mass is 9.90. The number of hydrogen-bond acceptors (Lipinski definition) is 4. The summed E-state index contributed by atoms with van der Waals surface area (Å²) in [6.07, 6.45) is -3.05. The highest BCUT2D eigenvalue weighted by Crippen LogP contribution is 2.32. The van der Waals surface area contributed by atoms with Crippen molar-refractivity contribution < 1.29 is 32.2 Å². The van der Waals surface area contributed by atoms with Crippen LogP contribution in [-0.4, -0.2) is 36.9 Å². The van der Waals surface area contributed by atoms with Crippen LogP contribution in [0.1, 0.15) is 44.1 Å². The highest BCUT2D eigenvalue weighted by Gasteiger charge is 2.29. The van der Waals surface area contributed by atoms with Crippen molar-refractivity contribution in [3.8, 4) is 11.5 Å². The maximum absolute atomic E-state index is 12.3. The standard InChI is InChI=1S/C19H23F3N2O4/c20-19(21,22)7-6-17(25)23-13-2-1-3-14(10-13)24-18(26)9-12-4-5-15-16(8-12)28-11-27-15/h4-5,8,13-14H,1-3,6-7,9-11H2,(H,23,25)(H,24,26)/t13-,14-/m1/s1. The van der Waals surface area contributed by atoms with Gasteiger partial charge in [0.15, 0.2) is 11.5 Å². The van der Waals surface area contributed by atoms with Gasteiger partial charge in [0.25, 0.3) is 0 Å². The van der Waals surface area contributed by atoms with Crippen molar-refractivity contribution in [3.63, 3.8) is 0 Å².